The van der Waals surface area contributed by atoms with E-state index >= 15 is 14.7 Å². The number of esters is 1. The van der Waals surface area contributed by atoms with E-state index in [0.717, 1.165) is 41.5 Å². The van der Waals surface area contributed by atoms with E-state index < -0.39 is 160 Å². The third-order valence-electron chi connectivity index (χ3n) is 27.3. The number of Topliss-reactive ketones (excluding diaryl/α,β-unsaturated/α-hetero) is 2. The molecule has 7 fully saturated rings. The average molecular weight is 1390 g/mol. The SMILES string of the molecule is CCC1OC(=O)C(c2cc[nH]c2)C1C1C#CCC2CC3(O)C4=C5NC(CO)C(=O)CC(c6ccc(O)cc6)CSSCC6C(O)C(O)CC(C)(C4C4CC7C#Cc8ccccc8CN=C(N)NCC7C3(C4)C2C(C)(O)C(O)CC(C(O)O)C2C3C=CC1C2C1CC(C)CCC1=C3)C6C5=O. The van der Waals surface area contributed by atoms with E-state index in [1.54, 1.807) is 31.2 Å². The Bertz CT molecular complexity index is 3890. The third-order valence-corrected chi connectivity index (χ3v) is 29.9. The highest BCUT2D eigenvalue weighted by atomic mass is 33.1. The van der Waals surface area contributed by atoms with Gasteiger partial charge in [0.1, 0.15) is 17.9 Å². The van der Waals surface area contributed by atoms with Gasteiger partial charge in [0.05, 0.1) is 54.3 Å². The number of nitrogens with two attached hydrogens (primary N) is 1. The van der Waals surface area contributed by atoms with Crippen molar-refractivity contribution < 1.29 is 65.1 Å². The van der Waals surface area contributed by atoms with Gasteiger partial charge in [-0.2, -0.15) is 0 Å². The highest BCUT2D eigenvalue weighted by Crippen LogP contribution is 2.78. The number of hydrogen-bond donors (Lipinski definition) is 13. The second kappa shape index (κ2) is 26.4. The van der Waals surface area contributed by atoms with Crippen LogP contribution in [0.4, 0.5) is 0 Å². The number of aliphatic hydroxyl groups is 8. The lowest BCUT2D eigenvalue weighted by Gasteiger charge is -2.69. The molecule has 28 atom stereocenters. The number of aromatic nitrogens is 1. The molecule has 5 saturated carbocycles. The molecule has 8 bridgehead atoms. The predicted octanol–water partition coefficient (Wildman–Crippen LogP) is 7.00. The molecule has 1 aromatic heterocycles. The Morgan fingerprint density at radius 1 is 0.889 bits per heavy atom. The van der Waals surface area contributed by atoms with E-state index in [-0.39, 0.29) is 104 Å². The van der Waals surface area contributed by atoms with Gasteiger partial charge in [-0.15, -0.1) is 5.92 Å². The summed E-state index contributed by atoms with van der Waals surface area (Å²) in [5.41, 5.74) is 4.48. The predicted molar refractivity (Wildman–Crippen MR) is 376 cm³/mol. The lowest BCUT2D eigenvalue weighted by molar-refractivity contribution is -0.238. The van der Waals surface area contributed by atoms with Crippen LogP contribution in [-0.4, -0.2) is 147 Å². The van der Waals surface area contributed by atoms with E-state index in [1.165, 1.54) is 27.2 Å². The molecule has 1 spiro atoms. The first kappa shape index (κ1) is 68.9. The van der Waals surface area contributed by atoms with Crippen LogP contribution in [0, 0.1) is 135 Å². The fraction of sp³-hybridized carbons (Fsp3) is 0.620. The number of guanidine groups is 1. The number of phenols is 1. The minimum absolute atomic E-state index is 0.0147. The molecule has 99 heavy (non-hydrogen) atoms. The number of ether oxygens (including phenoxy) is 1. The smallest absolute Gasteiger partial charge is 0.314 e. The highest BCUT2D eigenvalue weighted by Gasteiger charge is 2.80. The molecule has 20 heteroatoms. The van der Waals surface area contributed by atoms with Crippen LogP contribution in [0.15, 0.2) is 107 Å². The number of ketones is 2. The number of fused-ring (bicyclic) bond motifs is 10. The van der Waals surface area contributed by atoms with Gasteiger partial charge in [0.25, 0.3) is 0 Å². The third kappa shape index (κ3) is 11.2. The zero-order valence-corrected chi connectivity index (χ0v) is 58.5. The minimum atomic E-state index is -2.20. The number of aliphatic imine (C=N–C) groups is 1. The molecule has 2 saturated heterocycles. The number of H-pyrrole nitrogens is 1. The number of cyclic esters (lactones) is 1. The standard InChI is InChI=1S/C79H97N5O13S2/c1-5-60-65(63(74(94)97-60)47-23-24-81-33-47)51-12-8-11-45-31-79(96)68-66(76(3)32-59(88)70(90)55-38-99-98-37-49(41-17-20-50(86)21-18-41)28-58(87)57(36-85)84-69(68)71(91)67(55)76)48-27-43-16-15-40-9-6-7-10-46(40)34-82-75(80)83-35-56(43)78(79,30-48)72(45)77(4,95)61(89)29-54(73(92)93)62-44-19-22-52(51)64(62)53-25-39(2)13-14-42(53)26-44/h6-7,9-10,17-24,26,33,39,43-45,48-49,51-57,59-67,70,72-73,81,84-86,88-90,92-93,95-96H,5,11,13-14,25,27-32,34-38H2,1-4H3,(H3,80,82,83). The van der Waals surface area contributed by atoms with E-state index in [1.807, 2.05) is 56.6 Å². The first-order chi connectivity index (χ1) is 47.5. The second-order valence-electron chi connectivity index (χ2n) is 32.3. The average Bonchev–Trinajstić information content (AvgIpc) is 1.58. The molecule has 528 valence electrons. The Morgan fingerprint density at radius 3 is 2.43 bits per heavy atom. The first-order valence-electron chi connectivity index (χ1n) is 36.4. The van der Waals surface area contributed by atoms with Crippen molar-refractivity contribution in [3.8, 4) is 29.4 Å². The lowest BCUT2D eigenvalue weighted by atomic mass is 9.36. The van der Waals surface area contributed by atoms with E-state index in [4.69, 9.17) is 15.5 Å². The summed E-state index contributed by atoms with van der Waals surface area (Å²) in [6, 6.07) is 14.9. The van der Waals surface area contributed by atoms with Crippen molar-refractivity contribution in [3.63, 3.8) is 0 Å². The number of aliphatic hydroxyl groups excluding tert-OH is 5. The Labute approximate surface area is 587 Å². The maximum Gasteiger partial charge on any atom is 0.314 e. The summed E-state index contributed by atoms with van der Waals surface area (Å²) in [5, 5.41) is 123. The number of nitrogens with one attached hydrogen (secondary N) is 3. The Kier molecular flexibility index (Phi) is 18.4. The summed E-state index contributed by atoms with van der Waals surface area (Å²) in [5.74, 6) is 4.20. The zero-order chi connectivity index (χ0) is 69.4. The summed E-state index contributed by atoms with van der Waals surface area (Å²) < 4.78 is 6.44. The zero-order valence-electron chi connectivity index (χ0n) is 56.8. The van der Waals surface area contributed by atoms with Crippen molar-refractivity contribution in [2.45, 2.75) is 165 Å². The van der Waals surface area contributed by atoms with Crippen LogP contribution in [0.3, 0.4) is 0 Å². The van der Waals surface area contributed by atoms with Crippen LogP contribution in [-0.2, 0) is 25.7 Å². The quantitative estimate of drug-likeness (QED) is 0.0388. The van der Waals surface area contributed by atoms with Crippen LogP contribution < -0.4 is 16.4 Å². The molecule has 0 radical (unpaired) electrons. The fourth-order valence-electron chi connectivity index (χ4n) is 23.4. The Balaban J connectivity index is 0.978. The van der Waals surface area contributed by atoms with Crippen molar-refractivity contribution >= 4 is 45.1 Å². The van der Waals surface area contributed by atoms with Crippen LogP contribution in [0.25, 0.3) is 0 Å². The molecule has 3 aliphatic heterocycles. The highest BCUT2D eigenvalue weighted by molar-refractivity contribution is 8.76. The number of aromatic hydroxyl groups is 1. The number of phenolic OH excluding ortho intramolecular Hbond substituents is 1. The van der Waals surface area contributed by atoms with Gasteiger partial charge < -0.3 is 72.0 Å². The lowest BCUT2D eigenvalue weighted by Crippen LogP contribution is -2.73. The van der Waals surface area contributed by atoms with Crippen LogP contribution in [0.5, 0.6) is 5.75 Å². The number of nitrogens with zero attached hydrogens (tertiary/aromatic N) is 1. The molecule has 18 nitrogen and oxygen atoms in total. The summed E-state index contributed by atoms with van der Waals surface area (Å²) in [6.45, 7) is 7.45. The van der Waals surface area contributed by atoms with Gasteiger partial charge in [-0.05, 0) is 176 Å². The Morgan fingerprint density at radius 2 is 1.68 bits per heavy atom. The molecule has 9 aliphatic carbocycles. The van der Waals surface area contributed by atoms with Crippen molar-refractivity contribution in [3.05, 3.63) is 124 Å². The van der Waals surface area contributed by atoms with Gasteiger partial charge >= 0.3 is 5.97 Å². The van der Waals surface area contributed by atoms with Gasteiger partial charge in [-0.3, -0.25) is 14.4 Å². The second-order valence-corrected chi connectivity index (χ2v) is 34.9. The monoisotopic (exact) mass is 1390 g/mol. The van der Waals surface area contributed by atoms with Crippen LogP contribution >= 0.6 is 21.6 Å². The molecule has 28 unspecified atom stereocenters. The largest absolute Gasteiger partial charge is 0.508 e. The van der Waals surface area contributed by atoms with E-state index in [0.29, 0.717) is 30.1 Å². The fourth-order valence-corrected chi connectivity index (χ4v) is 26.2. The normalized spacial score (nSPS) is 44.7. The van der Waals surface area contributed by atoms with Gasteiger partial charge in [0.15, 0.2) is 23.8 Å². The number of allylic oxidation sites excluding steroid dienone is 5. The topological polar surface area (TPSA) is 321 Å². The van der Waals surface area contributed by atoms with Crippen LogP contribution in [0.1, 0.15) is 132 Å². The van der Waals surface area contributed by atoms with Crippen molar-refractivity contribution in [2.24, 2.45) is 122 Å². The van der Waals surface area contributed by atoms with Crippen molar-refractivity contribution in [1.29, 1.82) is 0 Å². The van der Waals surface area contributed by atoms with E-state index in [9.17, 15) is 45.6 Å². The molecule has 2 aromatic carbocycles. The Hall–Kier alpha value is -5.88. The molecule has 4 heterocycles. The molecule has 3 aromatic rings. The minimum Gasteiger partial charge on any atom is -0.508 e. The summed E-state index contributed by atoms with van der Waals surface area (Å²) >= 11 is 0. The number of aromatic amines is 1. The number of rotatable bonds is 6. The maximum absolute atomic E-state index is 16.9. The molecule has 0 amide bonds. The summed E-state index contributed by atoms with van der Waals surface area (Å²) in [7, 11) is 2.95. The number of hydrogen-bond acceptors (Lipinski definition) is 19. The van der Waals surface area contributed by atoms with Gasteiger partial charge in [-0.25, -0.2) is 4.99 Å². The molecular weight excluding hydrogens is 1290 g/mol. The molecule has 14 N–H and O–H groups in total. The summed E-state index contributed by atoms with van der Waals surface area (Å²) in [4.78, 5) is 54.9. The summed E-state index contributed by atoms with van der Waals surface area (Å²) in [6.07, 6.45) is 6.95. The molecule has 15 rings (SSSR count). The van der Waals surface area contributed by atoms with Crippen LogP contribution in [0.2, 0.25) is 0 Å². The van der Waals surface area contributed by atoms with Crippen molar-refractivity contribution in [2.75, 3.05) is 24.7 Å². The molecule has 12 aliphatic rings. The van der Waals surface area contributed by atoms with Gasteiger partial charge in [-0.1, -0.05) is 114 Å². The number of benzene rings is 2. The number of carbonyl (C=O) groups excluding carboxylic acids is 3. The maximum atomic E-state index is 16.9. The van der Waals surface area contributed by atoms with Gasteiger partial charge in [0, 0.05) is 102 Å². The van der Waals surface area contributed by atoms with Gasteiger partial charge in [0.2, 0.25) is 0 Å². The van der Waals surface area contributed by atoms with Crippen molar-refractivity contribution in [1.82, 2.24) is 15.6 Å². The molecular formula is C79H97N5O13S2. The van der Waals surface area contributed by atoms with E-state index in [2.05, 4.69) is 64.5 Å². The number of carbonyl (C=O) groups is 3. The first-order valence-corrected chi connectivity index (χ1v) is 38.9.